The summed E-state index contributed by atoms with van der Waals surface area (Å²) < 4.78 is 25.2. The molecule has 9 heavy (non-hydrogen) atoms. The number of nitrogens with two attached hydrogens (primary N) is 2. The van der Waals surface area contributed by atoms with Crippen molar-refractivity contribution in [3.63, 3.8) is 0 Å². The predicted octanol–water partition coefficient (Wildman–Crippen LogP) is -1.76. The van der Waals surface area contributed by atoms with Gasteiger partial charge in [0.2, 0.25) is 5.91 Å². The van der Waals surface area contributed by atoms with Gasteiger partial charge in [0.15, 0.2) is 0 Å². The van der Waals surface area contributed by atoms with E-state index < -0.39 is 10.3 Å². The minimum atomic E-state index is -4.17. The Morgan fingerprint density at radius 3 is 1.56 bits per heavy atom. The zero-order valence-corrected chi connectivity index (χ0v) is 5.55. The van der Waals surface area contributed by atoms with Crippen molar-refractivity contribution in [2.24, 2.45) is 10.9 Å². The molecule has 0 saturated carbocycles. The molecule has 5 N–H and O–H groups in total. The highest BCUT2D eigenvalue weighted by molar-refractivity contribution is 7.83. The number of hydrogen-bond donors (Lipinski definition) is 3. The van der Waals surface area contributed by atoms with Gasteiger partial charge in [0, 0.05) is 6.92 Å². The molecular formula is C2H8N2O4S. The quantitative estimate of drug-likeness (QED) is 0.359. The zero-order chi connectivity index (χ0) is 8.08. The molecule has 0 aromatic carbocycles. The van der Waals surface area contributed by atoms with E-state index in [0.717, 1.165) is 0 Å². The molecule has 0 bridgehead atoms. The average Bonchev–Trinajstić information content (AvgIpc) is 1.19. The second-order valence-corrected chi connectivity index (χ2v) is 2.16. The fourth-order valence-electron chi connectivity index (χ4n) is 0. The van der Waals surface area contributed by atoms with E-state index in [1.54, 1.807) is 0 Å². The van der Waals surface area contributed by atoms with Gasteiger partial charge in [-0.25, -0.2) is 5.14 Å². The Bertz CT molecular complexity index is 159. The van der Waals surface area contributed by atoms with Crippen LogP contribution in [0, 0.1) is 0 Å². The standard InChI is InChI=1S/C2H5NO.H3NO3S/c1-2(3)4;1-5(2,3)4/h1H3,(H2,3,4);(H3,1,2,3,4). The minimum absolute atomic E-state index is 0.333. The summed E-state index contributed by atoms with van der Waals surface area (Å²) >= 11 is 0. The Morgan fingerprint density at radius 1 is 1.56 bits per heavy atom. The summed E-state index contributed by atoms with van der Waals surface area (Å²) in [5.74, 6) is -0.333. The molecule has 0 rings (SSSR count). The summed E-state index contributed by atoms with van der Waals surface area (Å²) in [7, 11) is -4.17. The van der Waals surface area contributed by atoms with E-state index in [2.05, 4.69) is 10.9 Å². The molecule has 0 aromatic rings. The first-order valence-corrected chi connectivity index (χ1v) is 3.25. The van der Waals surface area contributed by atoms with Crippen LogP contribution in [-0.2, 0) is 15.1 Å². The Balaban J connectivity index is 0. The molecule has 0 saturated heterocycles. The molecule has 0 radical (unpaired) electrons. The fourth-order valence-corrected chi connectivity index (χ4v) is 0. The van der Waals surface area contributed by atoms with Gasteiger partial charge in [0.05, 0.1) is 0 Å². The molecule has 6 nitrogen and oxygen atoms in total. The Labute approximate surface area is 52.7 Å². The third-order valence-electron chi connectivity index (χ3n) is 0. The summed E-state index contributed by atoms with van der Waals surface area (Å²) in [4.78, 5) is 9.22. The molecule has 0 aliphatic rings. The molecule has 0 aliphatic carbocycles. The summed E-state index contributed by atoms with van der Waals surface area (Å²) in [6.07, 6.45) is 0. The predicted molar refractivity (Wildman–Crippen MR) is 30.6 cm³/mol. The number of primary amides is 1. The Morgan fingerprint density at radius 2 is 1.56 bits per heavy atom. The lowest BCUT2D eigenvalue weighted by atomic mass is 10.8. The normalized spacial score (nSPS) is 9.22. The van der Waals surface area contributed by atoms with Crippen molar-refractivity contribution >= 4 is 16.2 Å². The van der Waals surface area contributed by atoms with Crippen LogP contribution in [0.1, 0.15) is 6.92 Å². The summed E-state index contributed by atoms with van der Waals surface area (Å²) in [5.41, 5.74) is 4.47. The van der Waals surface area contributed by atoms with E-state index in [0.29, 0.717) is 0 Å². The monoisotopic (exact) mass is 156 g/mol. The Kier molecular flexibility index (Phi) is 5.27. The van der Waals surface area contributed by atoms with Crippen molar-refractivity contribution in [2.75, 3.05) is 0 Å². The first-order valence-electron chi connectivity index (χ1n) is 1.74. The van der Waals surface area contributed by atoms with Crippen LogP contribution in [0.5, 0.6) is 0 Å². The second kappa shape index (κ2) is 4.24. The van der Waals surface area contributed by atoms with Crippen LogP contribution in [0.4, 0.5) is 0 Å². The number of carbonyl (C=O) groups excluding carboxylic acids is 1. The molecule has 0 aliphatic heterocycles. The summed E-state index contributed by atoms with van der Waals surface area (Å²) in [6.45, 7) is 1.31. The fraction of sp³-hybridized carbons (Fsp3) is 0.500. The van der Waals surface area contributed by atoms with Crippen molar-refractivity contribution < 1.29 is 17.8 Å². The van der Waals surface area contributed by atoms with Crippen LogP contribution < -0.4 is 10.9 Å². The number of carbonyl (C=O) groups is 1. The van der Waals surface area contributed by atoms with Gasteiger partial charge >= 0.3 is 10.3 Å². The zero-order valence-electron chi connectivity index (χ0n) is 4.73. The van der Waals surface area contributed by atoms with E-state index in [9.17, 15) is 4.79 Å². The maximum atomic E-state index is 9.22. The van der Waals surface area contributed by atoms with Crippen molar-refractivity contribution in [1.29, 1.82) is 0 Å². The third kappa shape index (κ3) is 480. The van der Waals surface area contributed by atoms with Gasteiger partial charge < -0.3 is 5.73 Å². The topological polar surface area (TPSA) is 123 Å². The van der Waals surface area contributed by atoms with Crippen LogP contribution in [-0.4, -0.2) is 18.9 Å². The molecule has 1 amide bonds. The molecule has 0 unspecified atom stereocenters. The van der Waals surface area contributed by atoms with E-state index in [-0.39, 0.29) is 5.91 Å². The number of hydrogen-bond acceptors (Lipinski definition) is 3. The van der Waals surface area contributed by atoms with Crippen LogP contribution in [0.15, 0.2) is 0 Å². The second-order valence-electron chi connectivity index (χ2n) is 1.13. The van der Waals surface area contributed by atoms with E-state index in [4.69, 9.17) is 13.0 Å². The Hall–Kier alpha value is -0.660. The van der Waals surface area contributed by atoms with Crippen LogP contribution in [0.2, 0.25) is 0 Å². The minimum Gasteiger partial charge on any atom is -0.370 e. The molecule has 56 valence electrons. The number of rotatable bonds is 0. The first-order chi connectivity index (χ1) is 3.73. The molecular weight excluding hydrogens is 148 g/mol. The first kappa shape index (κ1) is 11.2. The van der Waals surface area contributed by atoms with Gasteiger partial charge in [-0.05, 0) is 0 Å². The molecule has 0 heterocycles. The number of amides is 1. The van der Waals surface area contributed by atoms with E-state index >= 15 is 0 Å². The van der Waals surface area contributed by atoms with Crippen molar-refractivity contribution in [1.82, 2.24) is 0 Å². The van der Waals surface area contributed by atoms with Crippen LogP contribution in [0.25, 0.3) is 0 Å². The largest absolute Gasteiger partial charge is 0.370 e. The van der Waals surface area contributed by atoms with Gasteiger partial charge in [-0.1, -0.05) is 0 Å². The lowest BCUT2D eigenvalue weighted by molar-refractivity contribution is -0.115. The summed E-state index contributed by atoms with van der Waals surface area (Å²) in [5, 5.41) is 3.88. The van der Waals surface area contributed by atoms with Gasteiger partial charge in [0.1, 0.15) is 0 Å². The molecule has 0 aromatic heterocycles. The molecule has 0 atom stereocenters. The van der Waals surface area contributed by atoms with Crippen molar-refractivity contribution in [3.8, 4) is 0 Å². The molecule has 0 fully saturated rings. The maximum absolute atomic E-state index is 9.22. The van der Waals surface area contributed by atoms with Crippen LogP contribution >= 0.6 is 0 Å². The van der Waals surface area contributed by atoms with Crippen molar-refractivity contribution in [2.45, 2.75) is 6.92 Å². The molecule has 7 heteroatoms. The lowest BCUT2D eigenvalue weighted by Gasteiger charge is -1.70. The third-order valence-corrected chi connectivity index (χ3v) is 0. The van der Waals surface area contributed by atoms with E-state index in [1.165, 1.54) is 6.92 Å². The van der Waals surface area contributed by atoms with Gasteiger partial charge in [0.25, 0.3) is 0 Å². The van der Waals surface area contributed by atoms with Gasteiger partial charge in [-0.2, -0.15) is 8.42 Å². The SMILES string of the molecule is CC(N)=O.NS(=O)(=O)O. The van der Waals surface area contributed by atoms with Gasteiger partial charge in [-0.3, -0.25) is 9.35 Å². The van der Waals surface area contributed by atoms with E-state index in [1.807, 2.05) is 0 Å². The maximum Gasteiger partial charge on any atom is 0.330 e. The van der Waals surface area contributed by atoms with Crippen molar-refractivity contribution in [3.05, 3.63) is 0 Å². The highest BCUT2D eigenvalue weighted by Crippen LogP contribution is 1.50. The van der Waals surface area contributed by atoms with Crippen LogP contribution in [0.3, 0.4) is 0 Å². The highest BCUT2D eigenvalue weighted by atomic mass is 32.2. The molecule has 0 spiro atoms. The smallest absolute Gasteiger partial charge is 0.330 e. The highest BCUT2D eigenvalue weighted by Gasteiger charge is 1.81. The lowest BCUT2D eigenvalue weighted by Crippen LogP contribution is -2.08. The average molecular weight is 156 g/mol. The summed E-state index contributed by atoms with van der Waals surface area (Å²) in [6, 6.07) is 0. The van der Waals surface area contributed by atoms with Gasteiger partial charge in [-0.15, -0.1) is 0 Å².